The van der Waals surface area contributed by atoms with E-state index >= 15 is 0 Å². The van der Waals surface area contributed by atoms with Crippen LogP contribution < -0.4 is 4.74 Å². The van der Waals surface area contributed by atoms with Gasteiger partial charge in [0.25, 0.3) is 0 Å². The minimum absolute atomic E-state index is 0.0614. The van der Waals surface area contributed by atoms with Crippen LogP contribution in [0.5, 0.6) is 5.75 Å². The molecule has 1 saturated carbocycles. The highest BCUT2D eigenvalue weighted by Gasteiger charge is 2.30. The van der Waals surface area contributed by atoms with E-state index in [0.717, 1.165) is 35.5 Å². The molecule has 1 N–H and O–H groups in total. The molecule has 4 nitrogen and oxygen atoms in total. The number of alkyl halides is 3. The van der Waals surface area contributed by atoms with Crippen LogP contribution >= 0.6 is 11.3 Å². The smallest absolute Gasteiger partial charge is 0.416 e. The van der Waals surface area contributed by atoms with Crippen LogP contribution in [0, 0.1) is 0 Å². The summed E-state index contributed by atoms with van der Waals surface area (Å²) in [5.41, 5.74) is 2.02. The number of aliphatic carboxylic acids is 1. The predicted octanol–water partition coefficient (Wildman–Crippen LogP) is 5.95. The van der Waals surface area contributed by atoms with Crippen molar-refractivity contribution in [3.8, 4) is 17.0 Å². The number of hydrogen-bond acceptors (Lipinski definition) is 4. The fraction of sp³-hybridized carbons (Fsp3) is 0.304. The number of halogens is 3. The van der Waals surface area contributed by atoms with Gasteiger partial charge in [0.05, 0.1) is 29.3 Å². The quantitative estimate of drug-likeness (QED) is 0.463. The summed E-state index contributed by atoms with van der Waals surface area (Å²) < 4.78 is 44.8. The molecule has 0 amide bonds. The number of rotatable bonds is 8. The highest BCUT2D eigenvalue weighted by Crippen LogP contribution is 2.44. The summed E-state index contributed by atoms with van der Waals surface area (Å²) in [4.78, 5) is 15.5. The zero-order valence-corrected chi connectivity index (χ0v) is 17.3. The largest absolute Gasteiger partial charge is 0.493 e. The molecule has 31 heavy (non-hydrogen) atoms. The summed E-state index contributed by atoms with van der Waals surface area (Å²) in [6.45, 7) is 0.353. The molecule has 2 aromatic carbocycles. The van der Waals surface area contributed by atoms with Gasteiger partial charge < -0.3 is 9.84 Å². The Bertz CT molecular complexity index is 1090. The summed E-state index contributed by atoms with van der Waals surface area (Å²) >= 11 is 1.38. The Morgan fingerprint density at radius 1 is 1.19 bits per heavy atom. The van der Waals surface area contributed by atoms with E-state index in [1.807, 2.05) is 12.1 Å². The molecule has 0 unspecified atom stereocenters. The lowest BCUT2D eigenvalue weighted by molar-refractivity contribution is -0.138. The van der Waals surface area contributed by atoms with Crippen molar-refractivity contribution >= 4 is 17.3 Å². The highest BCUT2D eigenvalue weighted by atomic mass is 32.1. The number of carboxylic acids is 1. The van der Waals surface area contributed by atoms with Crippen molar-refractivity contribution in [2.45, 2.75) is 37.8 Å². The molecule has 0 radical (unpaired) electrons. The predicted molar refractivity (Wildman–Crippen MR) is 112 cm³/mol. The summed E-state index contributed by atoms with van der Waals surface area (Å²) in [6, 6.07) is 10.7. The van der Waals surface area contributed by atoms with Crippen molar-refractivity contribution in [3.63, 3.8) is 0 Å². The third-order valence-electron chi connectivity index (χ3n) is 5.06. The van der Waals surface area contributed by atoms with Gasteiger partial charge in [-0.3, -0.25) is 4.79 Å². The molecular weight excluding hydrogens is 427 g/mol. The molecule has 4 rings (SSSR count). The maximum Gasteiger partial charge on any atom is 0.416 e. The number of nitrogens with zero attached hydrogens (tertiary/aromatic N) is 1. The lowest BCUT2D eigenvalue weighted by Crippen LogP contribution is -2.05. The van der Waals surface area contributed by atoms with E-state index in [4.69, 9.17) is 9.84 Å². The third kappa shape index (κ3) is 5.44. The van der Waals surface area contributed by atoms with E-state index in [2.05, 4.69) is 4.98 Å². The maximum absolute atomic E-state index is 12.9. The van der Waals surface area contributed by atoms with Gasteiger partial charge in [-0.25, -0.2) is 4.98 Å². The Labute approximate surface area is 181 Å². The Morgan fingerprint density at radius 3 is 2.71 bits per heavy atom. The number of carbonyl (C=O) groups is 1. The number of carboxylic acid groups (broad SMARTS) is 1. The lowest BCUT2D eigenvalue weighted by atomic mass is 10.0. The molecule has 1 aliphatic carbocycles. The number of hydrogen-bond donors (Lipinski definition) is 1. The second kappa shape index (κ2) is 8.70. The lowest BCUT2D eigenvalue weighted by Gasteiger charge is -2.12. The van der Waals surface area contributed by atoms with Gasteiger partial charge in [0.15, 0.2) is 0 Å². The summed E-state index contributed by atoms with van der Waals surface area (Å²) in [6.07, 6.45) is -1.74. The Hall–Kier alpha value is -2.87. The first-order chi connectivity index (χ1) is 14.8. The Balaban J connectivity index is 1.42. The van der Waals surface area contributed by atoms with E-state index < -0.39 is 17.7 Å². The van der Waals surface area contributed by atoms with E-state index in [1.54, 1.807) is 17.5 Å². The molecule has 0 saturated heterocycles. The Morgan fingerprint density at radius 2 is 2.00 bits per heavy atom. The van der Waals surface area contributed by atoms with Crippen molar-refractivity contribution in [2.24, 2.45) is 0 Å². The number of aromatic nitrogens is 1. The maximum atomic E-state index is 12.9. The van der Waals surface area contributed by atoms with Gasteiger partial charge in [0.1, 0.15) is 5.75 Å². The minimum Gasteiger partial charge on any atom is -0.493 e. The first-order valence-corrected chi connectivity index (χ1v) is 10.8. The van der Waals surface area contributed by atoms with Crippen molar-refractivity contribution in [3.05, 3.63) is 69.5 Å². The van der Waals surface area contributed by atoms with E-state index in [1.165, 1.54) is 17.4 Å². The number of thiazole rings is 1. The van der Waals surface area contributed by atoms with Gasteiger partial charge in [0, 0.05) is 17.4 Å². The zero-order valence-electron chi connectivity index (χ0n) is 16.5. The van der Waals surface area contributed by atoms with Crippen molar-refractivity contribution in [2.75, 3.05) is 6.61 Å². The van der Waals surface area contributed by atoms with Crippen molar-refractivity contribution in [1.82, 2.24) is 4.98 Å². The molecule has 1 aromatic heterocycles. The fourth-order valence-electron chi connectivity index (χ4n) is 3.38. The topological polar surface area (TPSA) is 59.4 Å². The van der Waals surface area contributed by atoms with Crippen LogP contribution in [0.1, 0.15) is 40.5 Å². The molecule has 0 spiro atoms. The number of ether oxygens (including phenoxy) is 1. The zero-order chi connectivity index (χ0) is 22.0. The second-order valence-corrected chi connectivity index (χ2v) is 8.46. The monoisotopic (exact) mass is 447 g/mol. The molecule has 162 valence electrons. The van der Waals surface area contributed by atoms with E-state index in [-0.39, 0.29) is 6.42 Å². The molecule has 0 atom stereocenters. The molecule has 8 heteroatoms. The summed E-state index contributed by atoms with van der Waals surface area (Å²) in [7, 11) is 0. The standard InChI is InChI=1S/C23H20F3NO3S/c24-23(25,26)17-3-1-2-16(12-17)19-13-31-21(27-19)8-9-30-20-10-14(11-22(28)29)4-7-18(20)15-5-6-15/h1-4,7,10,12-13,15H,5-6,8-9,11H2,(H,28,29). The number of benzene rings is 2. The van der Waals surface area contributed by atoms with Crippen LogP contribution in [0.2, 0.25) is 0 Å². The molecule has 3 aromatic rings. The Kier molecular flexibility index (Phi) is 6.00. The van der Waals surface area contributed by atoms with Gasteiger partial charge in [-0.05, 0) is 48.1 Å². The first-order valence-electron chi connectivity index (χ1n) is 9.89. The molecule has 1 fully saturated rings. The van der Waals surface area contributed by atoms with Gasteiger partial charge in [-0.1, -0.05) is 24.3 Å². The SMILES string of the molecule is O=C(O)Cc1ccc(C2CC2)c(OCCc2nc(-c3cccc(C(F)(F)F)c3)cs2)c1. The van der Waals surface area contributed by atoms with Crippen molar-refractivity contribution < 1.29 is 27.8 Å². The van der Waals surface area contributed by atoms with Gasteiger partial charge in [-0.15, -0.1) is 11.3 Å². The third-order valence-corrected chi connectivity index (χ3v) is 5.97. The van der Waals surface area contributed by atoms with Gasteiger partial charge in [0.2, 0.25) is 0 Å². The van der Waals surface area contributed by atoms with Gasteiger partial charge in [-0.2, -0.15) is 13.2 Å². The molecular formula is C23H20F3NO3S. The first kappa shape index (κ1) is 21.4. The molecule has 0 bridgehead atoms. The van der Waals surface area contributed by atoms with Crippen LogP contribution in [0.15, 0.2) is 47.8 Å². The highest BCUT2D eigenvalue weighted by molar-refractivity contribution is 7.09. The summed E-state index contributed by atoms with van der Waals surface area (Å²) in [5.74, 6) is 0.271. The van der Waals surface area contributed by atoms with Gasteiger partial charge >= 0.3 is 12.1 Å². The summed E-state index contributed by atoms with van der Waals surface area (Å²) in [5, 5.41) is 11.5. The van der Waals surface area contributed by atoms with Crippen LogP contribution in [0.4, 0.5) is 13.2 Å². The van der Waals surface area contributed by atoms with Crippen LogP contribution in [-0.2, 0) is 23.8 Å². The normalized spacial score (nSPS) is 13.9. The van der Waals surface area contributed by atoms with Crippen LogP contribution in [0.3, 0.4) is 0 Å². The average Bonchev–Trinajstić information content (AvgIpc) is 3.45. The molecule has 1 aliphatic rings. The molecule has 1 heterocycles. The minimum atomic E-state index is -4.39. The van der Waals surface area contributed by atoms with Crippen LogP contribution in [0.25, 0.3) is 11.3 Å². The van der Waals surface area contributed by atoms with E-state index in [9.17, 15) is 18.0 Å². The molecule has 0 aliphatic heterocycles. The van der Waals surface area contributed by atoms with E-state index in [0.29, 0.717) is 41.5 Å². The average molecular weight is 447 g/mol. The van der Waals surface area contributed by atoms with Crippen molar-refractivity contribution in [1.29, 1.82) is 0 Å². The second-order valence-electron chi connectivity index (χ2n) is 7.52. The fourth-order valence-corrected chi connectivity index (χ4v) is 4.17. The van der Waals surface area contributed by atoms with Crippen LogP contribution in [-0.4, -0.2) is 22.7 Å².